The second kappa shape index (κ2) is 4.86. The van der Waals surface area contributed by atoms with Crippen LogP contribution in [-0.2, 0) is 10.0 Å². The number of hydrogen-bond acceptors (Lipinski definition) is 4. The quantitative estimate of drug-likeness (QED) is 0.899. The van der Waals surface area contributed by atoms with Gasteiger partial charge in [-0.15, -0.1) is 11.3 Å². The molecule has 2 saturated heterocycles. The first kappa shape index (κ1) is 14.1. The minimum Gasteiger partial charge on any atom is -0.315 e. The van der Waals surface area contributed by atoms with E-state index in [0.717, 1.165) is 24.3 Å². The molecule has 1 N–H and O–H groups in total. The predicted octanol–water partition coefficient (Wildman–Crippen LogP) is 2.43. The summed E-state index contributed by atoms with van der Waals surface area (Å²) in [6.45, 7) is 3.56. The number of halogens is 2. The highest BCUT2D eigenvalue weighted by Gasteiger charge is 2.48. The summed E-state index contributed by atoms with van der Waals surface area (Å²) in [6, 6.07) is 1.50. The lowest BCUT2D eigenvalue weighted by Crippen LogP contribution is -2.42. The predicted molar refractivity (Wildman–Crippen MR) is 77.6 cm³/mol. The fraction of sp³-hybridized carbons (Fsp3) is 0.636. The molecule has 0 amide bonds. The highest BCUT2D eigenvalue weighted by molar-refractivity contribution is 7.89. The van der Waals surface area contributed by atoms with E-state index in [1.54, 1.807) is 4.31 Å². The molecule has 0 aromatic carbocycles. The number of sulfonamides is 1. The third-order valence-corrected chi connectivity index (χ3v) is 7.68. The molecule has 106 valence electrons. The zero-order valence-corrected chi connectivity index (χ0v) is 13.4. The van der Waals surface area contributed by atoms with Crippen molar-refractivity contribution in [2.24, 2.45) is 5.92 Å². The summed E-state index contributed by atoms with van der Waals surface area (Å²) in [7, 11) is -3.56. The van der Waals surface area contributed by atoms with E-state index in [4.69, 9.17) is 23.2 Å². The Morgan fingerprint density at radius 3 is 2.79 bits per heavy atom. The smallest absolute Gasteiger partial charge is 0.246 e. The van der Waals surface area contributed by atoms with Crippen molar-refractivity contribution < 1.29 is 8.42 Å². The molecule has 3 rings (SSSR count). The van der Waals surface area contributed by atoms with Gasteiger partial charge in [-0.2, -0.15) is 4.31 Å². The zero-order valence-electron chi connectivity index (χ0n) is 10.3. The molecule has 19 heavy (non-hydrogen) atoms. The highest BCUT2D eigenvalue weighted by atomic mass is 35.5. The van der Waals surface area contributed by atoms with Crippen molar-refractivity contribution in [3.63, 3.8) is 0 Å². The van der Waals surface area contributed by atoms with Crippen LogP contribution in [0.25, 0.3) is 0 Å². The van der Waals surface area contributed by atoms with Crippen LogP contribution in [-0.4, -0.2) is 37.9 Å². The summed E-state index contributed by atoms with van der Waals surface area (Å²) >= 11 is 13.0. The van der Waals surface area contributed by atoms with Crippen molar-refractivity contribution in [2.75, 3.05) is 13.1 Å². The summed E-state index contributed by atoms with van der Waals surface area (Å²) in [5, 5.41) is 3.26. The third-order valence-electron chi connectivity index (χ3n) is 3.89. The van der Waals surface area contributed by atoms with Gasteiger partial charge in [-0.25, -0.2) is 8.42 Å². The van der Waals surface area contributed by atoms with Crippen molar-refractivity contribution in [2.45, 2.75) is 30.3 Å². The Kier molecular flexibility index (Phi) is 3.61. The second-order valence-electron chi connectivity index (χ2n) is 5.09. The molecular formula is C11H14Cl2N2O2S2. The molecule has 2 aliphatic rings. The number of rotatable bonds is 2. The van der Waals surface area contributed by atoms with E-state index in [-0.39, 0.29) is 21.3 Å². The molecule has 3 unspecified atom stereocenters. The first-order chi connectivity index (χ1) is 8.91. The Morgan fingerprint density at radius 2 is 2.16 bits per heavy atom. The third kappa shape index (κ3) is 2.22. The molecule has 1 aromatic rings. The molecule has 4 nitrogen and oxygen atoms in total. The fourth-order valence-corrected chi connectivity index (χ4v) is 7.16. The van der Waals surface area contributed by atoms with E-state index >= 15 is 0 Å². The summed E-state index contributed by atoms with van der Waals surface area (Å²) in [5.74, 6) is 0.401. The van der Waals surface area contributed by atoms with Crippen molar-refractivity contribution in [1.82, 2.24) is 9.62 Å². The van der Waals surface area contributed by atoms with Crippen LogP contribution < -0.4 is 5.32 Å². The molecule has 3 atom stereocenters. The molecular weight excluding hydrogens is 327 g/mol. The van der Waals surface area contributed by atoms with Crippen molar-refractivity contribution in [3.8, 4) is 0 Å². The maximum absolute atomic E-state index is 12.8. The average molecular weight is 341 g/mol. The van der Waals surface area contributed by atoms with Crippen molar-refractivity contribution in [3.05, 3.63) is 14.7 Å². The molecule has 3 heterocycles. The van der Waals surface area contributed by atoms with Crippen molar-refractivity contribution in [1.29, 1.82) is 0 Å². The van der Waals surface area contributed by atoms with Gasteiger partial charge in [0.05, 0.1) is 4.34 Å². The second-order valence-corrected chi connectivity index (χ2v) is 9.19. The Hall–Kier alpha value is 0.150. The minimum absolute atomic E-state index is 0.0110. The highest BCUT2D eigenvalue weighted by Crippen LogP contribution is 2.41. The van der Waals surface area contributed by atoms with Crippen LogP contribution in [0, 0.1) is 5.92 Å². The van der Waals surface area contributed by atoms with Crippen LogP contribution in [0.1, 0.15) is 13.3 Å². The minimum atomic E-state index is -3.56. The standard InChI is InChI=1S/C11H14Cl2N2O2S2/c1-6-2-7-4-14-5-8(7)15(6)19(16,17)9-3-10(12)18-11(9)13/h3,6-8,14H,2,4-5H2,1H3. The van der Waals surface area contributed by atoms with Gasteiger partial charge in [0.1, 0.15) is 9.23 Å². The Morgan fingerprint density at radius 1 is 1.42 bits per heavy atom. The van der Waals surface area contributed by atoms with Gasteiger partial charge in [0.25, 0.3) is 0 Å². The number of fused-ring (bicyclic) bond motifs is 1. The molecule has 2 aliphatic heterocycles. The molecule has 8 heteroatoms. The molecule has 0 aliphatic carbocycles. The van der Waals surface area contributed by atoms with E-state index < -0.39 is 10.0 Å². The fourth-order valence-electron chi connectivity index (χ4n) is 3.16. The van der Waals surface area contributed by atoms with Crippen LogP contribution in [0.4, 0.5) is 0 Å². The van der Waals surface area contributed by atoms with E-state index in [0.29, 0.717) is 16.8 Å². The molecule has 0 spiro atoms. The lowest BCUT2D eigenvalue weighted by atomic mass is 10.0. The molecule has 2 fully saturated rings. The maximum atomic E-state index is 12.8. The van der Waals surface area contributed by atoms with Gasteiger partial charge in [0, 0.05) is 18.6 Å². The van der Waals surface area contributed by atoms with Crippen LogP contribution in [0.3, 0.4) is 0 Å². The van der Waals surface area contributed by atoms with Crippen LogP contribution in [0.5, 0.6) is 0 Å². The summed E-state index contributed by atoms with van der Waals surface area (Å²) < 4.78 is 27.8. The van der Waals surface area contributed by atoms with Gasteiger partial charge in [-0.05, 0) is 31.9 Å². The zero-order chi connectivity index (χ0) is 13.8. The number of thiophene rings is 1. The number of hydrogen-bond donors (Lipinski definition) is 1. The number of nitrogens with one attached hydrogen (secondary N) is 1. The SMILES string of the molecule is CC1CC2CNCC2N1S(=O)(=O)c1cc(Cl)sc1Cl. The normalized spacial score (nSPS) is 31.8. The van der Waals surface area contributed by atoms with Crippen LogP contribution >= 0.6 is 34.5 Å². The van der Waals surface area contributed by atoms with E-state index in [1.807, 2.05) is 6.92 Å². The lowest BCUT2D eigenvalue weighted by molar-refractivity contribution is 0.336. The molecule has 0 bridgehead atoms. The summed E-state index contributed by atoms with van der Waals surface area (Å²) in [5.41, 5.74) is 0. The van der Waals surface area contributed by atoms with Crippen molar-refractivity contribution >= 4 is 44.6 Å². The Bertz CT molecular complexity index is 602. The van der Waals surface area contributed by atoms with Gasteiger partial charge in [0.2, 0.25) is 10.0 Å². The summed E-state index contributed by atoms with van der Waals surface area (Å²) in [6.07, 6.45) is 0.895. The average Bonchev–Trinajstić information content (AvgIpc) is 2.92. The first-order valence-corrected chi connectivity index (χ1v) is 9.11. The van der Waals surface area contributed by atoms with Gasteiger partial charge in [-0.1, -0.05) is 23.2 Å². The van der Waals surface area contributed by atoms with Gasteiger partial charge in [0.15, 0.2) is 0 Å². The van der Waals surface area contributed by atoms with Gasteiger partial charge >= 0.3 is 0 Å². The van der Waals surface area contributed by atoms with E-state index in [1.165, 1.54) is 6.07 Å². The summed E-state index contributed by atoms with van der Waals surface area (Å²) in [4.78, 5) is 0.142. The molecule has 0 radical (unpaired) electrons. The van der Waals surface area contributed by atoms with Gasteiger partial charge < -0.3 is 5.32 Å². The maximum Gasteiger partial charge on any atom is 0.246 e. The van der Waals surface area contributed by atoms with Gasteiger partial charge in [-0.3, -0.25) is 0 Å². The first-order valence-electron chi connectivity index (χ1n) is 6.10. The van der Waals surface area contributed by atoms with E-state index in [2.05, 4.69) is 5.32 Å². The largest absolute Gasteiger partial charge is 0.315 e. The number of nitrogens with zero attached hydrogens (tertiary/aromatic N) is 1. The monoisotopic (exact) mass is 340 g/mol. The van der Waals surface area contributed by atoms with Crippen LogP contribution in [0.2, 0.25) is 8.67 Å². The van der Waals surface area contributed by atoms with E-state index in [9.17, 15) is 8.42 Å². The molecule has 1 aromatic heterocycles. The van der Waals surface area contributed by atoms with Crippen LogP contribution in [0.15, 0.2) is 11.0 Å². The Labute approximate surface area is 126 Å². The lowest BCUT2D eigenvalue weighted by Gasteiger charge is -2.26. The topological polar surface area (TPSA) is 49.4 Å². The Balaban J connectivity index is 2.02. The molecule has 0 saturated carbocycles.